The normalized spacial score (nSPS) is 11.9. The maximum absolute atomic E-state index is 13.2. The van der Waals surface area contributed by atoms with E-state index >= 15 is 0 Å². The number of para-hydroxylation sites is 1. The van der Waals surface area contributed by atoms with Crippen molar-refractivity contribution in [3.8, 4) is 5.75 Å². The Kier molecular flexibility index (Phi) is 4.07. The molecule has 1 unspecified atom stereocenters. The fourth-order valence-electron chi connectivity index (χ4n) is 1.48. The van der Waals surface area contributed by atoms with Crippen LogP contribution in [0.3, 0.4) is 0 Å². The lowest BCUT2D eigenvalue weighted by Crippen LogP contribution is -2.31. The average molecular weight is 264 g/mol. The zero-order valence-corrected chi connectivity index (χ0v) is 10.3. The van der Waals surface area contributed by atoms with Gasteiger partial charge in [-0.3, -0.25) is 9.89 Å². The number of carbonyl (C=O) groups excluding carboxylic acids is 1. The third kappa shape index (κ3) is 3.51. The van der Waals surface area contributed by atoms with Crippen LogP contribution in [-0.4, -0.2) is 27.7 Å². The minimum atomic E-state index is -0.501. The van der Waals surface area contributed by atoms with E-state index in [1.807, 2.05) is 0 Å². The number of ether oxygens (including phenoxy) is 1. The van der Waals surface area contributed by atoms with Crippen LogP contribution >= 0.6 is 0 Å². The Hall–Kier alpha value is -2.44. The van der Waals surface area contributed by atoms with Crippen molar-refractivity contribution < 1.29 is 13.9 Å². The molecule has 1 amide bonds. The number of amides is 1. The molecule has 1 aromatic carbocycles. The minimum absolute atomic E-state index is 0.0463. The Morgan fingerprint density at radius 2 is 2.32 bits per heavy atom. The number of rotatable bonds is 5. The number of nitrogens with one attached hydrogen (secondary N) is 2. The second-order valence-electron chi connectivity index (χ2n) is 3.88. The first kappa shape index (κ1) is 13.0. The number of H-pyrrole nitrogens is 1. The Morgan fingerprint density at radius 1 is 1.53 bits per heavy atom. The third-order valence-corrected chi connectivity index (χ3v) is 2.42. The molecule has 0 aliphatic heterocycles. The molecule has 1 heterocycles. The van der Waals surface area contributed by atoms with Crippen LogP contribution in [0.1, 0.15) is 18.8 Å². The zero-order valence-electron chi connectivity index (χ0n) is 10.3. The topological polar surface area (TPSA) is 79.9 Å². The molecule has 2 N–H and O–H groups in total. The summed E-state index contributed by atoms with van der Waals surface area (Å²) in [5.74, 6) is -0.282. The fraction of sp³-hybridized carbons (Fsp3) is 0.250. The van der Waals surface area contributed by atoms with Gasteiger partial charge in [0.25, 0.3) is 5.91 Å². The maximum Gasteiger partial charge on any atom is 0.258 e. The number of halogens is 1. The second kappa shape index (κ2) is 5.94. The van der Waals surface area contributed by atoms with Gasteiger partial charge in [-0.1, -0.05) is 12.1 Å². The molecule has 0 bridgehead atoms. The van der Waals surface area contributed by atoms with Crippen molar-refractivity contribution in [3.05, 3.63) is 42.2 Å². The van der Waals surface area contributed by atoms with E-state index in [1.54, 1.807) is 19.1 Å². The summed E-state index contributed by atoms with van der Waals surface area (Å²) in [7, 11) is 0. The van der Waals surface area contributed by atoms with Gasteiger partial charge in [0.1, 0.15) is 12.2 Å². The van der Waals surface area contributed by atoms with E-state index in [1.165, 1.54) is 18.5 Å². The molecule has 7 heteroatoms. The first-order valence-electron chi connectivity index (χ1n) is 5.69. The molecule has 2 rings (SSSR count). The number of nitrogens with zero attached hydrogens (tertiary/aromatic N) is 2. The summed E-state index contributed by atoms with van der Waals surface area (Å²) < 4.78 is 18.3. The highest BCUT2D eigenvalue weighted by Crippen LogP contribution is 2.15. The van der Waals surface area contributed by atoms with Gasteiger partial charge >= 0.3 is 0 Å². The number of benzene rings is 1. The third-order valence-electron chi connectivity index (χ3n) is 2.42. The quantitative estimate of drug-likeness (QED) is 0.850. The summed E-state index contributed by atoms with van der Waals surface area (Å²) in [6.07, 6.45) is 1.35. The van der Waals surface area contributed by atoms with Gasteiger partial charge in [-0.15, -0.1) is 0 Å². The van der Waals surface area contributed by atoms with Gasteiger partial charge in [-0.2, -0.15) is 5.10 Å². The van der Waals surface area contributed by atoms with Crippen LogP contribution in [0.4, 0.5) is 4.39 Å². The first-order valence-corrected chi connectivity index (χ1v) is 5.69. The zero-order chi connectivity index (χ0) is 13.7. The van der Waals surface area contributed by atoms with Crippen molar-refractivity contribution in [2.45, 2.75) is 13.0 Å². The van der Waals surface area contributed by atoms with Gasteiger partial charge in [0, 0.05) is 0 Å². The highest BCUT2D eigenvalue weighted by Gasteiger charge is 2.12. The molecular formula is C12H13FN4O2. The number of aromatic nitrogens is 3. The molecule has 6 nitrogen and oxygen atoms in total. The van der Waals surface area contributed by atoms with Gasteiger partial charge in [0.2, 0.25) is 0 Å². The molecule has 0 saturated heterocycles. The second-order valence-corrected chi connectivity index (χ2v) is 3.88. The summed E-state index contributed by atoms with van der Waals surface area (Å²) in [6, 6.07) is 5.59. The van der Waals surface area contributed by atoms with Crippen LogP contribution < -0.4 is 10.1 Å². The van der Waals surface area contributed by atoms with Crippen molar-refractivity contribution >= 4 is 5.91 Å². The Balaban J connectivity index is 1.84. The highest BCUT2D eigenvalue weighted by molar-refractivity contribution is 5.77. The maximum atomic E-state index is 13.2. The minimum Gasteiger partial charge on any atom is -0.481 e. The van der Waals surface area contributed by atoms with E-state index < -0.39 is 5.82 Å². The molecule has 0 fully saturated rings. The fourth-order valence-corrected chi connectivity index (χ4v) is 1.48. The lowest BCUT2D eigenvalue weighted by molar-refractivity contribution is -0.123. The standard InChI is InChI=1S/C12H13FN4O2/c1-8(12-14-7-15-17-12)16-11(18)6-19-10-5-3-2-4-9(10)13/h2-5,7-8H,6H2,1H3,(H,16,18)(H,14,15,17). The molecule has 0 saturated carbocycles. The molecular weight excluding hydrogens is 251 g/mol. The van der Waals surface area contributed by atoms with Crippen molar-refractivity contribution in [3.63, 3.8) is 0 Å². The van der Waals surface area contributed by atoms with Crippen molar-refractivity contribution in [1.82, 2.24) is 20.5 Å². The molecule has 100 valence electrons. The Morgan fingerprint density at radius 3 is 3.00 bits per heavy atom. The SMILES string of the molecule is CC(NC(=O)COc1ccccc1F)c1ncn[nH]1. The monoisotopic (exact) mass is 264 g/mol. The van der Waals surface area contributed by atoms with Crippen LogP contribution in [0.25, 0.3) is 0 Å². The molecule has 0 aliphatic carbocycles. The molecule has 1 atom stereocenters. The van der Waals surface area contributed by atoms with Crippen LogP contribution in [0.15, 0.2) is 30.6 Å². The summed E-state index contributed by atoms with van der Waals surface area (Å²) in [5, 5.41) is 8.99. The lowest BCUT2D eigenvalue weighted by atomic mass is 10.3. The predicted molar refractivity (Wildman–Crippen MR) is 64.8 cm³/mol. The molecule has 0 spiro atoms. The lowest BCUT2D eigenvalue weighted by Gasteiger charge is -2.11. The Bertz CT molecular complexity index is 544. The summed E-state index contributed by atoms with van der Waals surface area (Å²) >= 11 is 0. The largest absolute Gasteiger partial charge is 0.481 e. The van der Waals surface area contributed by atoms with Gasteiger partial charge in [0.05, 0.1) is 6.04 Å². The van der Waals surface area contributed by atoms with E-state index in [0.29, 0.717) is 5.82 Å². The molecule has 0 aliphatic rings. The summed E-state index contributed by atoms with van der Waals surface area (Å²) in [6.45, 7) is 1.49. The van der Waals surface area contributed by atoms with Crippen LogP contribution in [0.5, 0.6) is 5.75 Å². The van der Waals surface area contributed by atoms with E-state index in [-0.39, 0.29) is 24.3 Å². The van der Waals surface area contributed by atoms with Crippen LogP contribution in [0.2, 0.25) is 0 Å². The van der Waals surface area contributed by atoms with Crippen molar-refractivity contribution in [2.75, 3.05) is 6.61 Å². The highest BCUT2D eigenvalue weighted by atomic mass is 19.1. The van der Waals surface area contributed by atoms with Crippen molar-refractivity contribution in [2.24, 2.45) is 0 Å². The average Bonchev–Trinajstić information content (AvgIpc) is 2.91. The number of hydrogen-bond donors (Lipinski definition) is 2. The molecule has 2 aromatic rings. The van der Waals surface area contributed by atoms with E-state index in [9.17, 15) is 9.18 Å². The number of hydrogen-bond acceptors (Lipinski definition) is 4. The van der Waals surface area contributed by atoms with Gasteiger partial charge < -0.3 is 10.1 Å². The summed E-state index contributed by atoms with van der Waals surface area (Å²) in [5.41, 5.74) is 0. The molecule has 19 heavy (non-hydrogen) atoms. The predicted octanol–water partition coefficient (Wildman–Crippen LogP) is 1.20. The van der Waals surface area contributed by atoms with Gasteiger partial charge in [0.15, 0.2) is 18.2 Å². The van der Waals surface area contributed by atoms with E-state index in [2.05, 4.69) is 20.5 Å². The van der Waals surface area contributed by atoms with Crippen LogP contribution in [-0.2, 0) is 4.79 Å². The van der Waals surface area contributed by atoms with Crippen molar-refractivity contribution in [1.29, 1.82) is 0 Å². The van der Waals surface area contributed by atoms with E-state index in [4.69, 9.17) is 4.74 Å². The Labute approximate surface area is 109 Å². The van der Waals surface area contributed by atoms with Gasteiger partial charge in [-0.05, 0) is 19.1 Å². The first-order chi connectivity index (χ1) is 9.16. The van der Waals surface area contributed by atoms with Gasteiger partial charge in [-0.25, -0.2) is 9.37 Å². The van der Waals surface area contributed by atoms with Crippen LogP contribution in [0, 0.1) is 5.82 Å². The number of carbonyl (C=O) groups is 1. The summed E-state index contributed by atoms with van der Waals surface area (Å²) in [4.78, 5) is 15.5. The van der Waals surface area contributed by atoms with E-state index in [0.717, 1.165) is 0 Å². The molecule has 0 radical (unpaired) electrons. The molecule has 1 aromatic heterocycles. The number of aromatic amines is 1. The smallest absolute Gasteiger partial charge is 0.258 e.